The fraction of sp³-hybridized carbons (Fsp3) is 0.692. The third-order valence-corrected chi connectivity index (χ3v) is 3.45. The summed E-state index contributed by atoms with van der Waals surface area (Å²) < 4.78 is 0. The van der Waals surface area contributed by atoms with Crippen LogP contribution < -0.4 is 10.2 Å². The SMILES string of the molecule is CCc1cc(N(C)CC2CCNCC2)ncn1. The highest BCUT2D eigenvalue weighted by molar-refractivity contribution is 5.37. The predicted molar refractivity (Wildman–Crippen MR) is 70.3 cm³/mol. The monoisotopic (exact) mass is 234 g/mol. The fourth-order valence-corrected chi connectivity index (χ4v) is 2.33. The number of piperidine rings is 1. The van der Waals surface area contributed by atoms with E-state index in [-0.39, 0.29) is 0 Å². The van der Waals surface area contributed by atoms with Crippen LogP contribution in [-0.2, 0) is 6.42 Å². The number of anilines is 1. The highest BCUT2D eigenvalue weighted by atomic mass is 15.2. The van der Waals surface area contributed by atoms with Gasteiger partial charge in [0.25, 0.3) is 0 Å². The Balaban J connectivity index is 1.95. The largest absolute Gasteiger partial charge is 0.359 e. The van der Waals surface area contributed by atoms with E-state index in [0.717, 1.165) is 43.5 Å². The highest BCUT2D eigenvalue weighted by Crippen LogP contribution is 2.17. The molecule has 4 nitrogen and oxygen atoms in total. The summed E-state index contributed by atoms with van der Waals surface area (Å²) in [5.41, 5.74) is 1.12. The molecule has 1 aromatic rings. The van der Waals surface area contributed by atoms with Crippen molar-refractivity contribution in [1.82, 2.24) is 15.3 Å². The van der Waals surface area contributed by atoms with Crippen molar-refractivity contribution in [2.45, 2.75) is 26.2 Å². The smallest absolute Gasteiger partial charge is 0.131 e. The van der Waals surface area contributed by atoms with Gasteiger partial charge in [-0.25, -0.2) is 9.97 Å². The molecule has 0 atom stereocenters. The average Bonchev–Trinajstić information content (AvgIpc) is 2.40. The van der Waals surface area contributed by atoms with Crippen LogP contribution in [0.15, 0.2) is 12.4 Å². The molecular weight excluding hydrogens is 212 g/mol. The summed E-state index contributed by atoms with van der Waals surface area (Å²) in [5.74, 6) is 1.84. The number of nitrogens with one attached hydrogen (secondary N) is 1. The number of aryl methyl sites for hydroxylation is 1. The first kappa shape index (κ1) is 12.3. The number of hydrogen-bond acceptors (Lipinski definition) is 4. The number of hydrogen-bond donors (Lipinski definition) is 1. The molecule has 1 aliphatic rings. The van der Waals surface area contributed by atoms with Gasteiger partial charge in [0.15, 0.2) is 0 Å². The summed E-state index contributed by atoms with van der Waals surface area (Å²) in [7, 11) is 2.13. The first-order valence-electron chi connectivity index (χ1n) is 6.52. The van der Waals surface area contributed by atoms with Crippen LogP contribution in [-0.4, -0.2) is 36.6 Å². The lowest BCUT2D eigenvalue weighted by molar-refractivity contribution is 0.377. The highest BCUT2D eigenvalue weighted by Gasteiger charge is 2.15. The molecule has 0 radical (unpaired) electrons. The van der Waals surface area contributed by atoms with Crippen molar-refractivity contribution < 1.29 is 0 Å². The van der Waals surface area contributed by atoms with Crippen molar-refractivity contribution in [2.24, 2.45) is 5.92 Å². The van der Waals surface area contributed by atoms with Gasteiger partial charge in [-0.1, -0.05) is 6.92 Å². The lowest BCUT2D eigenvalue weighted by Gasteiger charge is -2.28. The van der Waals surface area contributed by atoms with Crippen molar-refractivity contribution >= 4 is 5.82 Å². The number of rotatable bonds is 4. The van der Waals surface area contributed by atoms with Crippen molar-refractivity contribution in [3.8, 4) is 0 Å². The topological polar surface area (TPSA) is 41.0 Å². The van der Waals surface area contributed by atoms with Crippen LogP contribution in [0.2, 0.25) is 0 Å². The molecule has 17 heavy (non-hydrogen) atoms. The molecule has 0 spiro atoms. The Hall–Kier alpha value is -1.16. The van der Waals surface area contributed by atoms with Gasteiger partial charge in [0.1, 0.15) is 12.1 Å². The lowest BCUT2D eigenvalue weighted by atomic mass is 9.98. The zero-order valence-corrected chi connectivity index (χ0v) is 10.8. The second-order valence-corrected chi connectivity index (χ2v) is 4.79. The van der Waals surface area contributed by atoms with Gasteiger partial charge in [-0.15, -0.1) is 0 Å². The van der Waals surface area contributed by atoms with E-state index in [1.54, 1.807) is 6.33 Å². The van der Waals surface area contributed by atoms with Crippen LogP contribution in [0.5, 0.6) is 0 Å². The van der Waals surface area contributed by atoms with Crippen molar-refractivity contribution in [3.63, 3.8) is 0 Å². The zero-order chi connectivity index (χ0) is 12.1. The van der Waals surface area contributed by atoms with E-state index in [1.807, 2.05) is 0 Å². The van der Waals surface area contributed by atoms with Gasteiger partial charge in [-0.05, 0) is 38.3 Å². The van der Waals surface area contributed by atoms with Gasteiger partial charge in [0.2, 0.25) is 0 Å². The Morgan fingerprint density at radius 3 is 2.82 bits per heavy atom. The van der Waals surface area contributed by atoms with Crippen LogP contribution in [0.1, 0.15) is 25.5 Å². The molecule has 1 N–H and O–H groups in total. The van der Waals surface area contributed by atoms with E-state index in [0.29, 0.717) is 0 Å². The van der Waals surface area contributed by atoms with Crippen LogP contribution in [0.25, 0.3) is 0 Å². The minimum atomic E-state index is 0.793. The Morgan fingerprint density at radius 1 is 1.35 bits per heavy atom. The van der Waals surface area contributed by atoms with Gasteiger partial charge < -0.3 is 10.2 Å². The molecule has 1 fully saturated rings. The van der Waals surface area contributed by atoms with Crippen LogP contribution >= 0.6 is 0 Å². The molecule has 1 aliphatic heterocycles. The summed E-state index contributed by atoms with van der Waals surface area (Å²) in [4.78, 5) is 10.9. The molecule has 2 rings (SSSR count). The van der Waals surface area contributed by atoms with Gasteiger partial charge in [0, 0.05) is 25.4 Å². The number of aromatic nitrogens is 2. The van der Waals surface area contributed by atoms with Crippen molar-refractivity contribution in [3.05, 3.63) is 18.1 Å². The maximum absolute atomic E-state index is 4.35. The first-order chi connectivity index (χ1) is 8.29. The molecule has 94 valence electrons. The van der Waals surface area contributed by atoms with Crippen LogP contribution in [0.4, 0.5) is 5.82 Å². The molecule has 0 aromatic carbocycles. The fourth-order valence-electron chi connectivity index (χ4n) is 2.33. The minimum Gasteiger partial charge on any atom is -0.359 e. The molecule has 0 saturated carbocycles. The first-order valence-corrected chi connectivity index (χ1v) is 6.52. The van der Waals surface area contributed by atoms with E-state index in [2.05, 4.69) is 40.2 Å². The van der Waals surface area contributed by atoms with E-state index >= 15 is 0 Å². The minimum absolute atomic E-state index is 0.793. The molecule has 4 heteroatoms. The average molecular weight is 234 g/mol. The summed E-state index contributed by atoms with van der Waals surface area (Å²) in [6.45, 7) is 5.53. The van der Waals surface area contributed by atoms with Crippen molar-refractivity contribution in [2.75, 3.05) is 31.6 Å². The number of nitrogens with zero attached hydrogens (tertiary/aromatic N) is 3. The molecule has 0 aliphatic carbocycles. The molecular formula is C13H22N4. The van der Waals surface area contributed by atoms with E-state index in [9.17, 15) is 0 Å². The molecule has 2 heterocycles. The Bertz CT molecular complexity index is 347. The molecule has 1 aromatic heterocycles. The zero-order valence-electron chi connectivity index (χ0n) is 10.8. The normalized spacial score (nSPS) is 17.1. The summed E-state index contributed by atoms with van der Waals surface area (Å²) in [6.07, 6.45) is 5.19. The third-order valence-electron chi connectivity index (χ3n) is 3.45. The summed E-state index contributed by atoms with van der Waals surface area (Å²) >= 11 is 0. The molecule has 0 bridgehead atoms. The maximum atomic E-state index is 4.35. The second kappa shape index (κ2) is 5.96. The van der Waals surface area contributed by atoms with Gasteiger partial charge in [0.05, 0.1) is 0 Å². The Kier molecular flexibility index (Phi) is 4.31. The quantitative estimate of drug-likeness (QED) is 0.856. The van der Waals surface area contributed by atoms with E-state index < -0.39 is 0 Å². The summed E-state index contributed by atoms with van der Waals surface area (Å²) in [5, 5.41) is 3.40. The molecule has 1 saturated heterocycles. The van der Waals surface area contributed by atoms with E-state index in [4.69, 9.17) is 0 Å². The standard InChI is InChI=1S/C13H22N4/c1-3-12-8-13(16-10-15-12)17(2)9-11-4-6-14-7-5-11/h8,10-11,14H,3-7,9H2,1-2H3. The Labute approximate surface area is 103 Å². The summed E-state index contributed by atoms with van der Waals surface area (Å²) in [6, 6.07) is 2.10. The predicted octanol–water partition coefficient (Wildman–Crippen LogP) is 1.47. The second-order valence-electron chi connectivity index (χ2n) is 4.79. The van der Waals surface area contributed by atoms with Crippen molar-refractivity contribution in [1.29, 1.82) is 0 Å². The molecule has 0 unspecified atom stereocenters. The molecule has 0 amide bonds. The van der Waals surface area contributed by atoms with Crippen LogP contribution in [0.3, 0.4) is 0 Å². The van der Waals surface area contributed by atoms with Gasteiger partial charge >= 0.3 is 0 Å². The third kappa shape index (κ3) is 3.40. The van der Waals surface area contributed by atoms with Gasteiger partial charge in [-0.2, -0.15) is 0 Å². The lowest BCUT2D eigenvalue weighted by Crippen LogP contribution is -2.34. The van der Waals surface area contributed by atoms with Gasteiger partial charge in [-0.3, -0.25) is 0 Å². The Morgan fingerprint density at radius 2 is 2.12 bits per heavy atom. The maximum Gasteiger partial charge on any atom is 0.131 e. The van der Waals surface area contributed by atoms with E-state index in [1.165, 1.54) is 12.8 Å². The van der Waals surface area contributed by atoms with Crippen LogP contribution in [0, 0.1) is 5.92 Å².